The lowest BCUT2D eigenvalue weighted by Gasteiger charge is -2.19. The smallest absolute Gasteiger partial charge is 0.311 e. The lowest BCUT2D eigenvalue weighted by molar-refractivity contribution is -0.142. The molecular weight excluding hydrogens is 426 g/mol. The predicted molar refractivity (Wildman–Crippen MR) is 111 cm³/mol. The van der Waals surface area contributed by atoms with E-state index in [0.717, 1.165) is 0 Å². The maximum Gasteiger partial charge on any atom is 0.311 e. The highest BCUT2D eigenvalue weighted by atomic mass is 32.2. The molecule has 3 aromatic heterocycles. The Labute approximate surface area is 180 Å². The fraction of sp³-hybridized carbons (Fsp3) is 0.300. The van der Waals surface area contributed by atoms with Gasteiger partial charge in [-0.3, -0.25) is 9.59 Å². The Balaban J connectivity index is 1.42. The van der Waals surface area contributed by atoms with Gasteiger partial charge in [0.2, 0.25) is 0 Å². The number of nitrogens with zero attached hydrogens (tertiary/aromatic N) is 3. The minimum Gasteiger partial charge on any atom is -0.467 e. The van der Waals surface area contributed by atoms with Gasteiger partial charge in [0.05, 0.1) is 37.0 Å². The summed E-state index contributed by atoms with van der Waals surface area (Å²) in [5, 5.41) is 7.76. The fourth-order valence-electron chi connectivity index (χ4n) is 3.02. The third kappa shape index (κ3) is 4.65. The summed E-state index contributed by atoms with van der Waals surface area (Å²) in [6, 6.07) is 6.92. The maximum absolute atomic E-state index is 12.9. The van der Waals surface area contributed by atoms with Gasteiger partial charge in [0.15, 0.2) is 4.34 Å². The second kappa shape index (κ2) is 9.31. The Morgan fingerprint density at radius 3 is 2.87 bits per heavy atom. The Bertz CT molecular complexity index is 1030. The molecule has 30 heavy (non-hydrogen) atoms. The van der Waals surface area contributed by atoms with Crippen molar-refractivity contribution in [3.63, 3.8) is 0 Å². The van der Waals surface area contributed by atoms with Crippen molar-refractivity contribution < 1.29 is 23.2 Å². The number of rotatable bonds is 8. The molecule has 4 heterocycles. The Morgan fingerprint density at radius 2 is 2.13 bits per heavy atom. The lowest BCUT2D eigenvalue weighted by atomic mass is 10.1. The fourth-order valence-corrected chi connectivity index (χ4v) is 4.72. The highest BCUT2D eigenvalue weighted by Gasteiger charge is 2.35. The Morgan fingerprint density at radius 1 is 1.30 bits per heavy atom. The van der Waals surface area contributed by atoms with Crippen LogP contribution >= 0.6 is 23.1 Å². The van der Waals surface area contributed by atoms with Crippen LogP contribution in [0.4, 0.5) is 0 Å². The molecule has 0 N–H and O–H groups in total. The molecule has 3 aromatic rings. The van der Waals surface area contributed by atoms with Crippen LogP contribution in [0.5, 0.6) is 0 Å². The van der Waals surface area contributed by atoms with E-state index in [1.165, 1.54) is 28.1 Å². The molecule has 0 saturated heterocycles. The molecule has 8 nitrogen and oxygen atoms in total. The second-order valence-corrected chi connectivity index (χ2v) is 8.45. The van der Waals surface area contributed by atoms with Crippen LogP contribution in [-0.4, -0.2) is 39.9 Å². The molecule has 0 saturated carbocycles. The van der Waals surface area contributed by atoms with Crippen LogP contribution in [0.25, 0.3) is 0 Å². The van der Waals surface area contributed by atoms with Gasteiger partial charge >= 0.3 is 5.97 Å². The van der Waals surface area contributed by atoms with E-state index in [1.54, 1.807) is 37.0 Å². The largest absolute Gasteiger partial charge is 0.467 e. The quantitative estimate of drug-likeness (QED) is 0.383. The summed E-state index contributed by atoms with van der Waals surface area (Å²) in [6.45, 7) is 2.10. The average molecular weight is 446 g/mol. The van der Waals surface area contributed by atoms with E-state index in [-0.39, 0.29) is 30.1 Å². The van der Waals surface area contributed by atoms with Crippen LogP contribution in [0, 0.1) is 0 Å². The van der Waals surface area contributed by atoms with Crippen LogP contribution in [-0.2, 0) is 20.7 Å². The van der Waals surface area contributed by atoms with Gasteiger partial charge in [-0.25, -0.2) is 9.99 Å². The van der Waals surface area contributed by atoms with Gasteiger partial charge in [-0.1, -0.05) is 11.8 Å². The monoisotopic (exact) mass is 445 g/mol. The molecule has 0 radical (unpaired) electrons. The minimum absolute atomic E-state index is 0.127. The molecule has 0 spiro atoms. The summed E-state index contributed by atoms with van der Waals surface area (Å²) < 4.78 is 16.6. The van der Waals surface area contributed by atoms with E-state index >= 15 is 0 Å². The number of thioether (sulfide) groups is 1. The van der Waals surface area contributed by atoms with E-state index in [2.05, 4.69) is 10.1 Å². The van der Waals surface area contributed by atoms with E-state index < -0.39 is 0 Å². The average Bonchev–Trinajstić information content (AvgIpc) is 3.53. The molecule has 0 fully saturated rings. The number of ether oxygens (including phenoxy) is 1. The molecule has 156 valence electrons. The highest BCUT2D eigenvalue weighted by molar-refractivity contribution is 8.01. The molecule has 1 unspecified atom stereocenters. The van der Waals surface area contributed by atoms with Crippen LogP contribution in [0.2, 0.25) is 0 Å². The number of hydrogen-bond acceptors (Lipinski definition) is 9. The standard InChI is InChI=1S/C20H19N3O5S2/c1-2-26-19(25)9-13-11-29-20(21-13)30-12-18(24)23-15(17-6-4-8-28-17)10-14(22-23)16-5-3-7-27-16/h3-8,11,15H,2,9-10,12H2,1H3. The minimum atomic E-state index is -0.316. The van der Waals surface area contributed by atoms with Crippen molar-refractivity contribution in [3.05, 3.63) is 59.4 Å². The first-order valence-corrected chi connectivity index (χ1v) is 11.2. The van der Waals surface area contributed by atoms with Gasteiger partial charge < -0.3 is 13.6 Å². The summed E-state index contributed by atoms with van der Waals surface area (Å²) in [4.78, 5) is 28.9. The SMILES string of the molecule is CCOC(=O)Cc1csc(SCC(=O)N2N=C(c3ccco3)CC2c2ccco2)n1. The van der Waals surface area contributed by atoms with Crippen molar-refractivity contribution >= 4 is 40.7 Å². The Kier molecular flexibility index (Phi) is 6.34. The molecule has 1 aliphatic heterocycles. The molecule has 0 aliphatic carbocycles. The molecule has 0 aromatic carbocycles. The van der Waals surface area contributed by atoms with Crippen molar-refractivity contribution in [2.75, 3.05) is 12.4 Å². The Hall–Kier alpha value is -2.85. The van der Waals surface area contributed by atoms with Gasteiger partial charge in [0.1, 0.15) is 23.3 Å². The van der Waals surface area contributed by atoms with Gasteiger partial charge in [-0.05, 0) is 31.2 Å². The van der Waals surface area contributed by atoms with Crippen LogP contribution in [0.15, 0.2) is 60.4 Å². The maximum atomic E-state index is 12.9. The molecule has 10 heteroatoms. The van der Waals surface area contributed by atoms with Gasteiger partial charge in [0.25, 0.3) is 5.91 Å². The van der Waals surface area contributed by atoms with Crippen molar-refractivity contribution in [3.8, 4) is 0 Å². The summed E-state index contributed by atoms with van der Waals surface area (Å²) in [5.74, 6) is 1.000. The number of hydrogen-bond donors (Lipinski definition) is 0. The lowest BCUT2D eigenvalue weighted by Crippen LogP contribution is -2.28. The van der Waals surface area contributed by atoms with Gasteiger partial charge in [-0.15, -0.1) is 11.3 Å². The second-order valence-electron chi connectivity index (χ2n) is 6.37. The number of furan rings is 2. The number of thiazole rings is 1. The summed E-state index contributed by atoms with van der Waals surface area (Å²) >= 11 is 2.71. The summed E-state index contributed by atoms with van der Waals surface area (Å²) in [7, 11) is 0. The number of carbonyl (C=O) groups excluding carboxylic acids is 2. The van der Waals surface area contributed by atoms with Crippen molar-refractivity contribution in [2.24, 2.45) is 5.10 Å². The molecule has 1 amide bonds. The van der Waals surface area contributed by atoms with Crippen molar-refractivity contribution in [1.29, 1.82) is 0 Å². The van der Waals surface area contributed by atoms with Gasteiger partial charge in [-0.2, -0.15) is 5.10 Å². The zero-order valence-corrected chi connectivity index (χ0v) is 17.8. The normalized spacial score (nSPS) is 16.0. The predicted octanol–water partition coefficient (Wildman–Crippen LogP) is 3.90. The van der Waals surface area contributed by atoms with Crippen molar-refractivity contribution in [1.82, 2.24) is 9.99 Å². The highest BCUT2D eigenvalue weighted by Crippen LogP contribution is 2.34. The van der Waals surface area contributed by atoms with E-state index in [9.17, 15) is 9.59 Å². The van der Waals surface area contributed by atoms with E-state index in [4.69, 9.17) is 13.6 Å². The third-order valence-electron chi connectivity index (χ3n) is 4.32. The molecule has 1 aliphatic rings. The number of esters is 1. The number of carbonyl (C=O) groups is 2. The zero-order valence-electron chi connectivity index (χ0n) is 16.1. The van der Waals surface area contributed by atoms with E-state index in [1.807, 2.05) is 12.1 Å². The van der Waals surface area contributed by atoms with Crippen LogP contribution in [0.1, 0.15) is 36.6 Å². The number of amides is 1. The summed E-state index contributed by atoms with van der Waals surface area (Å²) in [5.41, 5.74) is 1.34. The molecule has 0 bridgehead atoms. The third-order valence-corrected chi connectivity index (χ3v) is 6.38. The first kappa shape index (κ1) is 20.4. The van der Waals surface area contributed by atoms with Crippen molar-refractivity contribution in [2.45, 2.75) is 30.1 Å². The first-order valence-electron chi connectivity index (χ1n) is 9.33. The zero-order chi connectivity index (χ0) is 20.9. The number of hydrazone groups is 1. The first-order chi connectivity index (χ1) is 14.6. The van der Waals surface area contributed by atoms with Gasteiger partial charge in [0, 0.05) is 11.8 Å². The van der Waals surface area contributed by atoms with Crippen LogP contribution in [0.3, 0.4) is 0 Å². The number of aromatic nitrogens is 1. The van der Waals surface area contributed by atoms with Crippen LogP contribution < -0.4 is 0 Å². The topological polar surface area (TPSA) is 98.1 Å². The molecular formula is C20H19N3O5S2. The van der Waals surface area contributed by atoms with E-state index in [0.29, 0.717) is 40.3 Å². The summed E-state index contributed by atoms with van der Waals surface area (Å²) in [6.07, 6.45) is 3.80. The molecule has 1 atom stereocenters. The molecule has 4 rings (SSSR count).